The number of carbonyl (C=O) groups excluding carboxylic acids is 1. The van der Waals surface area contributed by atoms with Crippen LogP contribution in [0.5, 0.6) is 0 Å². The fourth-order valence-corrected chi connectivity index (χ4v) is 3.28. The van der Waals surface area contributed by atoms with Crippen LogP contribution in [0.2, 0.25) is 0 Å². The van der Waals surface area contributed by atoms with Crippen LogP contribution in [-0.4, -0.2) is 11.7 Å². The van der Waals surface area contributed by atoms with E-state index in [1.807, 2.05) is 85.8 Å². The normalized spacial score (nSPS) is 15.3. The largest absolute Gasteiger partial charge is 0.282 e. The number of benzene rings is 3. The average molecular weight is 352 g/mol. The van der Waals surface area contributed by atoms with Gasteiger partial charge < -0.3 is 0 Å². The van der Waals surface area contributed by atoms with Crippen LogP contribution in [0.4, 0.5) is 5.69 Å². The molecule has 0 bridgehead atoms. The third kappa shape index (κ3) is 3.32. The Balaban J connectivity index is 1.85. The molecule has 1 aliphatic heterocycles. The Hall–Kier alpha value is -3.46. The van der Waals surface area contributed by atoms with E-state index < -0.39 is 0 Å². The predicted molar refractivity (Wildman–Crippen MR) is 111 cm³/mol. The van der Waals surface area contributed by atoms with Gasteiger partial charge in [0.1, 0.15) is 11.5 Å². The van der Waals surface area contributed by atoms with Gasteiger partial charge >= 0.3 is 0 Å². The van der Waals surface area contributed by atoms with Crippen molar-refractivity contribution in [3.63, 3.8) is 0 Å². The first-order chi connectivity index (χ1) is 13.1. The second-order valence-corrected chi connectivity index (χ2v) is 6.67. The van der Waals surface area contributed by atoms with E-state index >= 15 is 0 Å². The van der Waals surface area contributed by atoms with Crippen LogP contribution in [0.1, 0.15) is 22.3 Å². The molecule has 1 heterocycles. The Bertz CT molecular complexity index is 1050. The van der Waals surface area contributed by atoms with Gasteiger partial charge in [0, 0.05) is 5.56 Å². The molecule has 0 N–H and O–H groups in total. The van der Waals surface area contributed by atoms with Gasteiger partial charge in [-0.2, -0.15) is 0 Å². The molecular formula is C24H20N2O. The summed E-state index contributed by atoms with van der Waals surface area (Å²) in [5.74, 6) is 0.555. The first kappa shape index (κ1) is 17.0. The van der Waals surface area contributed by atoms with E-state index in [2.05, 4.69) is 13.0 Å². The van der Waals surface area contributed by atoms with Crippen molar-refractivity contribution in [3.05, 3.63) is 107 Å². The monoisotopic (exact) mass is 352 g/mol. The zero-order valence-corrected chi connectivity index (χ0v) is 15.4. The lowest BCUT2D eigenvalue weighted by Gasteiger charge is -2.21. The molecular weight excluding hydrogens is 332 g/mol. The second kappa shape index (κ2) is 7.04. The summed E-state index contributed by atoms with van der Waals surface area (Å²) in [5.41, 5.74) is 5.40. The summed E-state index contributed by atoms with van der Waals surface area (Å²) >= 11 is 0. The van der Waals surface area contributed by atoms with Crippen molar-refractivity contribution < 1.29 is 4.79 Å². The highest BCUT2D eigenvalue weighted by Crippen LogP contribution is 2.30. The fraction of sp³-hybridized carbons (Fsp3) is 0.0833. The molecule has 27 heavy (non-hydrogen) atoms. The molecule has 4 rings (SSSR count). The Morgan fingerprint density at radius 3 is 2.19 bits per heavy atom. The lowest BCUT2D eigenvalue weighted by atomic mass is 10.1. The van der Waals surface area contributed by atoms with E-state index in [0.717, 1.165) is 22.4 Å². The van der Waals surface area contributed by atoms with E-state index in [1.165, 1.54) is 5.56 Å². The highest BCUT2D eigenvalue weighted by atomic mass is 16.2. The van der Waals surface area contributed by atoms with Crippen LogP contribution < -0.4 is 4.90 Å². The molecule has 1 amide bonds. The van der Waals surface area contributed by atoms with Crippen LogP contribution in [0, 0.1) is 13.8 Å². The number of amides is 1. The summed E-state index contributed by atoms with van der Waals surface area (Å²) < 4.78 is 0. The van der Waals surface area contributed by atoms with Crippen molar-refractivity contribution >= 4 is 23.5 Å². The van der Waals surface area contributed by atoms with Crippen molar-refractivity contribution in [2.75, 3.05) is 4.90 Å². The molecule has 3 nitrogen and oxygen atoms in total. The Labute approximate surface area is 159 Å². The lowest BCUT2D eigenvalue weighted by Crippen LogP contribution is -2.33. The molecule has 0 saturated heterocycles. The molecule has 0 saturated carbocycles. The van der Waals surface area contributed by atoms with Crippen molar-refractivity contribution in [2.24, 2.45) is 4.99 Å². The molecule has 0 unspecified atom stereocenters. The van der Waals surface area contributed by atoms with E-state index in [4.69, 9.17) is 4.99 Å². The first-order valence-electron chi connectivity index (χ1n) is 8.96. The summed E-state index contributed by atoms with van der Waals surface area (Å²) in [7, 11) is 0. The maximum atomic E-state index is 13.3. The molecule has 0 radical (unpaired) electrons. The number of nitrogens with zero attached hydrogens (tertiary/aromatic N) is 2. The van der Waals surface area contributed by atoms with Gasteiger partial charge in [-0.05, 0) is 37.1 Å². The number of aryl methyl sites for hydroxylation is 2. The van der Waals surface area contributed by atoms with Gasteiger partial charge in [0.25, 0.3) is 5.91 Å². The predicted octanol–water partition coefficient (Wildman–Crippen LogP) is 5.14. The molecule has 0 atom stereocenters. The Kier molecular flexibility index (Phi) is 4.43. The molecule has 132 valence electrons. The topological polar surface area (TPSA) is 32.7 Å². The maximum absolute atomic E-state index is 13.3. The van der Waals surface area contributed by atoms with E-state index in [0.29, 0.717) is 11.5 Å². The van der Waals surface area contributed by atoms with Crippen molar-refractivity contribution in [1.29, 1.82) is 0 Å². The maximum Gasteiger partial charge on any atom is 0.282 e. The molecule has 0 fully saturated rings. The van der Waals surface area contributed by atoms with Crippen molar-refractivity contribution in [1.82, 2.24) is 0 Å². The van der Waals surface area contributed by atoms with Gasteiger partial charge in [0.05, 0.1) is 5.69 Å². The Morgan fingerprint density at radius 1 is 0.852 bits per heavy atom. The van der Waals surface area contributed by atoms with Crippen LogP contribution in [0.25, 0.3) is 6.08 Å². The number of carbonyl (C=O) groups is 1. The minimum Gasteiger partial charge on any atom is -0.266 e. The van der Waals surface area contributed by atoms with Gasteiger partial charge in [0.2, 0.25) is 0 Å². The summed E-state index contributed by atoms with van der Waals surface area (Å²) in [4.78, 5) is 19.7. The highest BCUT2D eigenvalue weighted by molar-refractivity contribution is 6.33. The molecule has 0 aliphatic carbocycles. The van der Waals surface area contributed by atoms with Gasteiger partial charge in [-0.3, -0.25) is 9.69 Å². The zero-order valence-electron chi connectivity index (χ0n) is 15.4. The van der Waals surface area contributed by atoms with Gasteiger partial charge in [0.15, 0.2) is 0 Å². The van der Waals surface area contributed by atoms with Crippen molar-refractivity contribution in [2.45, 2.75) is 13.8 Å². The smallest absolute Gasteiger partial charge is 0.266 e. The van der Waals surface area contributed by atoms with Crippen LogP contribution in [0.15, 0.2) is 89.6 Å². The number of rotatable bonds is 3. The fourth-order valence-electron chi connectivity index (χ4n) is 3.28. The number of hydrogen-bond donors (Lipinski definition) is 0. The minimum atomic E-state index is -0.107. The number of amidine groups is 1. The molecule has 0 spiro atoms. The molecule has 3 aromatic carbocycles. The lowest BCUT2D eigenvalue weighted by molar-refractivity contribution is -0.113. The van der Waals surface area contributed by atoms with E-state index in [9.17, 15) is 4.79 Å². The second-order valence-electron chi connectivity index (χ2n) is 6.67. The van der Waals surface area contributed by atoms with Crippen LogP contribution >= 0.6 is 0 Å². The molecule has 3 aromatic rings. The van der Waals surface area contributed by atoms with Crippen LogP contribution in [0.3, 0.4) is 0 Å². The SMILES string of the molecule is Cc1ccc(N2C(=O)C(=Cc3ccccc3)N=C2c2ccccc2)c(C)c1. The molecule has 0 aromatic heterocycles. The number of aliphatic imine (C=N–C) groups is 1. The van der Waals surface area contributed by atoms with Gasteiger partial charge in [-0.15, -0.1) is 0 Å². The standard InChI is InChI=1S/C24H20N2O/c1-17-13-14-22(18(2)15-17)26-23(20-11-7-4-8-12-20)25-21(24(26)27)16-19-9-5-3-6-10-19/h3-16H,1-2H3. The van der Waals surface area contributed by atoms with E-state index in [-0.39, 0.29) is 5.91 Å². The summed E-state index contributed by atoms with van der Waals surface area (Å²) in [6.07, 6.45) is 1.84. The van der Waals surface area contributed by atoms with Gasteiger partial charge in [-0.1, -0.05) is 78.4 Å². The summed E-state index contributed by atoms with van der Waals surface area (Å²) in [6.45, 7) is 4.08. The molecule has 1 aliphatic rings. The average Bonchev–Trinajstić information content (AvgIpc) is 3.00. The summed E-state index contributed by atoms with van der Waals surface area (Å²) in [6, 6.07) is 25.8. The third-order valence-electron chi connectivity index (χ3n) is 4.59. The summed E-state index contributed by atoms with van der Waals surface area (Å²) in [5, 5.41) is 0. The first-order valence-corrected chi connectivity index (χ1v) is 8.96. The van der Waals surface area contributed by atoms with E-state index in [1.54, 1.807) is 4.90 Å². The molecule has 3 heteroatoms. The zero-order chi connectivity index (χ0) is 18.8. The van der Waals surface area contributed by atoms with Crippen LogP contribution in [-0.2, 0) is 4.79 Å². The van der Waals surface area contributed by atoms with Gasteiger partial charge in [-0.25, -0.2) is 4.99 Å². The highest BCUT2D eigenvalue weighted by Gasteiger charge is 2.33. The number of anilines is 1. The van der Waals surface area contributed by atoms with Crippen molar-refractivity contribution in [3.8, 4) is 0 Å². The quantitative estimate of drug-likeness (QED) is 0.601. The minimum absolute atomic E-state index is 0.107. The third-order valence-corrected chi connectivity index (χ3v) is 4.59. The number of hydrogen-bond acceptors (Lipinski definition) is 2. The Morgan fingerprint density at radius 2 is 1.52 bits per heavy atom.